The summed E-state index contributed by atoms with van der Waals surface area (Å²) in [5.74, 6) is 1.01. The number of carbonyl (C=O) groups excluding carboxylic acids is 1. The van der Waals surface area contributed by atoms with Crippen LogP contribution in [0.1, 0.15) is 6.42 Å². The van der Waals surface area contributed by atoms with E-state index in [2.05, 4.69) is 10.6 Å². The van der Waals surface area contributed by atoms with Crippen LogP contribution >= 0.6 is 0 Å². The van der Waals surface area contributed by atoms with Crippen LogP contribution in [0.4, 0.5) is 0 Å². The Kier molecular flexibility index (Phi) is 3.77. The predicted molar refractivity (Wildman–Crippen MR) is 61.4 cm³/mol. The number of nitrogens with one attached hydrogen (secondary N) is 2. The van der Waals surface area contributed by atoms with Gasteiger partial charge in [0.05, 0.1) is 0 Å². The number of rotatable bonds is 5. The maximum atomic E-state index is 10.9. The molecule has 0 spiro atoms. The molecule has 1 aromatic carbocycles. The van der Waals surface area contributed by atoms with Crippen LogP contribution in [0.2, 0.25) is 0 Å². The van der Waals surface area contributed by atoms with Gasteiger partial charge in [-0.2, -0.15) is 0 Å². The van der Waals surface area contributed by atoms with Gasteiger partial charge >= 0.3 is 0 Å². The van der Waals surface area contributed by atoms with E-state index in [1.807, 2.05) is 30.3 Å². The van der Waals surface area contributed by atoms with Crippen LogP contribution in [-0.2, 0) is 4.79 Å². The highest BCUT2D eigenvalue weighted by molar-refractivity contribution is 5.78. The lowest BCUT2D eigenvalue weighted by Gasteiger charge is -2.10. The Morgan fingerprint density at radius 1 is 1.38 bits per heavy atom. The minimum atomic E-state index is 0.126. The highest BCUT2D eigenvalue weighted by atomic mass is 16.5. The second-order valence-electron chi connectivity index (χ2n) is 3.82. The van der Waals surface area contributed by atoms with Gasteiger partial charge < -0.3 is 15.4 Å². The Labute approximate surface area is 95.0 Å². The maximum absolute atomic E-state index is 10.9. The molecule has 4 nitrogen and oxygen atoms in total. The number of para-hydroxylation sites is 1. The molecule has 1 aliphatic heterocycles. The lowest BCUT2D eigenvalue weighted by Crippen LogP contribution is -2.34. The molecule has 0 saturated carbocycles. The summed E-state index contributed by atoms with van der Waals surface area (Å²) < 4.78 is 5.52. The fourth-order valence-electron chi connectivity index (χ4n) is 1.70. The summed E-state index contributed by atoms with van der Waals surface area (Å²) >= 11 is 0. The van der Waals surface area contributed by atoms with Crippen LogP contribution < -0.4 is 15.4 Å². The Balaban J connectivity index is 1.60. The minimum absolute atomic E-state index is 0.126. The van der Waals surface area contributed by atoms with E-state index in [1.165, 1.54) is 0 Å². The first-order chi connectivity index (χ1) is 7.84. The largest absolute Gasteiger partial charge is 0.492 e. The van der Waals surface area contributed by atoms with Crippen LogP contribution in [0.15, 0.2) is 30.3 Å². The quantitative estimate of drug-likeness (QED) is 0.712. The van der Waals surface area contributed by atoms with Gasteiger partial charge in [0.1, 0.15) is 12.4 Å². The third kappa shape index (κ3) is 3.24. The van der Waals surface area contributed by atoms with Crippen LogP contribution in [0.3, 0.4) is 0 Å². The van der Waals surface area contributed by atoms with Crippen LogP contribution in [0.5, 0.6) is 5.75 Å². The number of amides is 1. The normalized spacial score (nSPS) is 19.5. The highest BCUT2D eigenvalue weighted by Crippen LogP contribution is 2.07. The summed E-state index contributed by atoms with van der Waals surface area (Å²) in [7, 11) is 0. The van der Waals surface area contributed by atoms with E-state index < -0.39 is 0 Å². The van der Waals surface area contributed by atoms with Gasteiger partial charge in [-0.15, -0.1) is 0 Å². The summed E-state index contributed by atoms with van der Waals surface area (Å²) in [6.45, 7) is 2.10. The van der Waals surface area contributed by atoms with Gasteiger partial charge in [-0.1, -0.05) is 18.2 Å². The van der Waals surface area contributed by atoms with E-state index in [0.717, 1.165) is 18.8 Å². The van der Waals surface area contributed by atoms with Gasteiger partial charge in [0.2, 0.25) is 5.91 Å². The van der Waals surface area contributed by atoms with Crippen molar-refractivity contribution >= 4 is 5.91 Å². The minimum Gasteiger partial charge on any atom is -0.492 e. The van der Waals surface area contributed by atoms with Gasteiger partial charge in [0.25, 0.3) is 0 Å². The van der Waals surface area contributed by atoms with Crippen LogP contribution in [0, 0.1) is 0 Å². The van der Waals surface area contributed by atoms with Crippen molar-refractivity contribution in [2.75, 3.05) is 19.7 Å². The van der Waals surface area contributed by atoms with Crippen LogP contribution in [-0.4, -0.2) is 31.6 Å². The molecule has 0 aromatic heterocycles. The first kappa shape index (κ1) is 11.0. The first-order valence-electron chi connectivity index (χ1n) is 5.52. The lowest BCUT2D eigenvalue weighted by atomic mass is 10.2. The predicted octanol–water partition coefficient (Wildman–Crippen LogP) is 0.543. The fraction of sp³-hybridized carbons (Fsp3) is 0.417. The van der Waals surface area contributed by atoms with Crippen molar-refractivity contribution in [2.45, 2.75) is 12.5 Å². The monoisotopic (exact) mass is 220 g/mol. The SMILES string of the molecule is O=C1CC(NCCOc2ccccc2)CN1. The molecule has 1 fully saturated rings. The molecule has 2 N–H and O–H groups in total. The second kappa shape index (κ2) is 5.51. The van der Waals surface area contributed by atoms with Gasteiger partial charge in [-0.3, -0.25) is 4.79 Å². The van der Waals surface area contributed by atoms with E-state index in [0.29, 0.717) is 13.0 Å². The molecule has 1 atom stereocenters. The van der Waals surface area contributed by atoms with Crippen LogP contribution in [0.25, 0.3) is 0 Å². The van der Waals surface area contributed by atoms with Crippen molar-refractivity contribution in [1.29, 1.82) is 0 Å². The summed E-state index contributed by atoms with van der Waals surface area (Å²) in [6, 6.07) is 9.97. The zero-order valence-corrected chi connectivity index (χ0v) is 9.11. The molecule has 4 heteroatoms. The molecular formula is C12H16N2O2. The van der Waals surface area contributed by atoms with Crippen molar-refractivity contribution in [3.05, 3.63) is 30.3 Å². The smallest absolute Gasteiger partial charge is 0.221 e. The molecule has 1 aromatic rings. The van der Waals surface area contributed by atoms with Crippen molar-refractivity contribution < 1.29 is 9.53 Å². The van der Waals surface area contributed by atoms with Gasteiger partial charge in [-0.25, -0.2) is 0 Å². The molecule has 1 saturated heterocycles. The Hall–Kier alpha value is -1.55. The molecule has 1 unspecified atom stereocenters. The fourth-order valence-corrected chi connectivity index (χ4v) is 1.70. The van der Waals surface area contributed by atoms with E-state index in [4.69, 9.17) is 4.74 Å². The van der Waals surface area contributed by atoms with Crippen molar-refractivity contribution in [3.63, 3.8) is 0 Å². The Bertz CT molecular complexity index is 340. The van der Waals surface area contributed by atoms with Gasteiger partial charge in [0.15, 0.2) is 0 Å². The zero-order valence-electron chi connectivity index (χ0n) is 9.11. The van der Waals surface area contributed by atoms with E-state index in [9.17, 15) is 4.79 Å². The summed E-state index contributed by atoms with van der Waals surface area (Å²) in [5, 5.41) is 6.06. The number of hydrogen-bond donors (Lipinski definition) is 2. The average Bonchev–Trinajstić information content (AvgIpc) is 2.72. The topological polar surface area (TPSA) is 50.4 Å². The molecule has 2 rings (SSSR count). The average molecular weight is 220 g/mol. The van der Waals surface area contributed by atoms with Crippen molar-refractivity contribution in [2.24, 2.45) is 0 Å². The first-order valence-corrected chi connectivity index (χ1v) is 5.52. The third-order valence-corrected chi connectivity index (χ3v) is 2.52. The maximum Gasteiger partial charge on any atom is 0.221 e. The summed E-state index contributed by atoms with van der Waals surface area (Å²) in [5.41, 5.74) is 0. The van der Waals surface area contributed by atoms with Crippen molar-refractivity contribution in [1.82, 2.24) is 10.6 Å². The van der Waals surface area contributed by atoms with Gasteiger partial charge in [0, 0.05) is 25.6 Å². The molecule has 1 amide bonds. The lowest BCUT2D eigenvalue weighted by molar-refractivity contribution is -0.119. The molecular weight excluding hydrogens is 204 g/mol. The van der Waals surface area contributed by atoms with E-state index in [1.54, 1.807) is 0 Å². The summed E-state index contributed by atoms with van der Waals surface area (Å²) in [6.07, 6.45) is 0.575. The van der Waals surface area contributed by atoms with E-state index in [-0.39, 0.29) is 11.9 Å². The molecule has 1 aliphatic rings. The Morgan fingerprint density at radius 2 is 2.19 bits per heavy atom. The number of ether oxygens (including phenoxy) is 1. The second-order valence-corrected chi connectivity index (χ2v) is 3.82. The number of carbonyl (C=O) groups is 1. The summed E-state index contributed by atoms with van der Waals surface area (Å²) in [4.78, 5) is 10.9. The zero-order chi connectivity index (χ0) is 11.2. The molecule has 1 heterocycles. The van der Waals surface area contributed by atoms with E-state index >= 15 is 0 Å². The number of hydrogen-bond acceptors (Lipinski definition) is 3. The Morgan fingerprint density at radius 3 is 2.88 bits per heavy atom. The highest BCUT2D eigenvalue weighted by Gasteiger charge is 2.19. The molecule has 0 bridgehead atoms. The van der Waals surface area contributed by atoms with Gasteiger partial charge in [-0.05, 0) is 12.1 Å². The molecule has 86 valence electrons. The molecule has 0 radical (unpaired) electrons. The molecule has 0 aliphatic carbocycles. The number of benzene rings is 1. The third-order valence-electron chi connectivity index (χ3n) is 2.52. The standard InChI is InChI=1S/C12H16N2O2/c15-12-8-10(9-14-12)13-6-7-16-11-4-2-1-3-5-11/h1-5,10,13H,6-9H2,(H,14,15). The van der Waals surface area contributed by atoms with Crippen molar-refractivity contribution in [3.8, 4) is 5.75 Å². The molecule has 16 heavy (non-hydrogen) atoms.